The maximum Gasteiger partial charge on any atom is 0.0406 e. The summed E-state index contributed by atoms with van der Waals surface area (Å²) in [6.07, 6.45) is 0. The first kappa shape index (κ1) is 5.97. The maximum atomic E-state index is 8.74. The molecule has 0 aromatic carbocycles. The molecule has 1 fully saturated rings. The second-order valence-electron chi connectivity index (χ2n) is 2.20. The lowest BCUT2D eigenvalue weighted by molar-refractivity contribution is -0.0698. The van der Waals surface area contributed by atoms with E-state index < -0.39 is 0 Å². The van der Waals surface area contributed by atoms with Gasteiger partial charge < -0.3 is 16.7 Å². The van der Waals surface area contributed by atoms with Crippen molar-refractivity contribution in [2.24, 2.45) is 11.5 Å². The third kappa shape index (κ3) is 0.976. The van der Waals surface area contributed by atoms with Crippen molar-refractivity contribution in [2.45, 2.75) is 12.1 Å². The van der Waals surface area contributed by atoms with Crippen molar-refractivity contribution >= 4 is 0 Å². The van der Waals surface area contributed by atoms with Crippen LogP contribution in [0.3, 0.4) is 0 Å². The van der Waals surface area contributed by atoms with Gasteiger partial charge in [0.15, 0.2) is 0 Å². The molecule has 4 heteroatoms. The summed E-state index contributed by atoms with van der Waals surface area (Å²) in [7, 11) is 0. The summed E-state index contributed by atoms with van der Waals surface area (Å²) < 4.78 is 0. The fourth-order valence-electron chi connectivity index (χ4n) is 0.832. The normalized spacial score (nSPS) is 40.9. The first-order chi connectivity index (χ1) is 3.70. The Morgan fingerprint density at radius 2 is 1.62 bits per heavy atom. The lowest BCUT2D eigenvalue weighted by atomic mass is 10.2. The van der Waals surface area contributed by atoms with Crippen LogP contribution in [-0.2, 0) is 0 Å². The van der Waals surface area contributed by atoms with E-state index in [0.29, 0.717) is 13.1 Å². The fraction of sp³-hybridized carbons (Fsp3) is 1.00. The molecule has 0 amide bonds. The number of nitrogens with zero attached hydrogens (tertiary/aromatic N) is 1. The Hall–Kier alpha value is -0.160. The molecule has 2 unspecified atom stereocenters. The van der Waals surface area contributed by atoms with Crippen molar-refractivity contribution in [1.82, 2.24) is 5.06 Å². The number of nitrogens with two attached hydrogens (primary N) is 2. The van der Waals surface area contributed by atoms with E-state index in [1.54, 1.807) is 0 Å². The maximum absolute atomic E-state index is 8.74. The fourth-order valence-corrected chi connectivity index (χ4v) is 0.832. The zero-order valence-corrected chi connectivity index (χ0v) is 4.62. The molecule has 48 valence electrons. The van der Waals surface area contributed by atoms with Crippen LogP contribution in [0.25, 0.3) is 0 Å². The van der Waals surface area contributed by atoms with Crippen LogP contribution in [0.15, 0.2) is 0 Å². The van der Waals surface area contributed by atoms with Crippen LogP contribution in [-0.4, -0.2) is 35.4 Å². The third-order valence-electron chi connectivity index (χ3n) is 1.39. The van der Waals surface area contributed by atoms with Gasteiger partial charge in [0.25, 0.3) is 0 Å². The molecule has 1 aliphatic heterocycles. The van der Waals surface area contributed by atoms with Crippen LogP contribution >= 0.6 is 0 Å². The van der Waals surface area contributed by atoms with Gasteiger partial charge in [-0.1, -0.05) is 0 Å². The summed E-state index contributed by atoms with van der Waals surface area (Å²) >= 11 is 0. The van der Waals surface area contributed by atoms with Gasteiger partial charge in [0.1, 0.15) is 0 Å². The molecule has 0 radical (unpaired) electrons. The van der Waals surface area contributed by atoms with Gasteiger partial charge in [-0.05, 0) is 0 Å². The molecule has 1 aliphatic rings. The zero-order chi connectivity index (χ0) is 6.15. The van der Waals surface area contributed by atoms with Crippen LogP contribution in [0.2, 0.25) is 0 Å². The summed E-state index contributed by atoms with van der Waals surface area (Å²) in [6, 6.07) is -0.111. The molecule has 4 nitrogen and oxygen atoms in total. The largest absolute Gasteiger partial charge is 0.325 e. The van der Waals surface area contributed by atoms with E-state index in [4.69, 9.17) is 16.7 Å². The van der Waals surface area contributed by atoms with E-state index >= 15 is 0 Å². The van der Waals surface area contributed by atoms with Crippen molar-refractivity contribution in [3.63, 3.8) is 0 Å². The highest BCUT2D eigenvalue weighted by molar-refractivity contribution is 4.85. The predicted octanol–water partition coefficient (Wildman–Crippen LogP) is -1.65. The number of rotatable bonds is 0. The summed E-state index contributed by atoms with van der Waals surface area (Å²) in [6.45, 7) is 1.00. The van der Waals surface area contributed by atoms with E-state index in [0.717, 1.165) is 5.06 Å². The molecule has 5 N–H and O–H groups in total. The monoisotopic (exact) mass is 117 g/mol. The van der Waals surface area contributed by atoms with E-state index in [-0.39, 0.29) is 12.1 Å². The SMILES string of the molecule is NC1CN(O)CC1N. The summed E-state index contributed by atoms with van der Waals surface area (Å²) in [4.78, 5) is 0. The average molecular weight is 117 g/mol. The van der Waals surface area contributed by atoms with Gasteiger partial charge in [-0.25, -0.2) is 0 Å². The Bertz CT molecular complexity index is 77.4. The molecule has 1 saturated heterocycles. The number of hydroxylamine groups is 2. The van der Waals surface area contributed by atoms with Crippen LogP contribution in [0, 0.1) is 0 Å². The third-order valence-corrected chi connectivity index (χ3v) is 1.39. The minimum absolute atomic E-state index is 0.0556. The molecule has 0 aromatic rings. The molecule has 0 bridgehead atoms. The first-order valence-corrected chi connectivity index (χ1v) is 2.65. The van der Waals surface area contributed by atoms with Crippen molar-refractivity contribution < 1.29 is 5.21 Å². The summed E-state index contributed by atoms with van der Waals surface area (Å²) in [5.41, 5.74) is 10.9. The molecular formula is C4H11N3O. The smallest absolute Gasteiger partial charge is 0.0406 e. The molecular weight excluding hydrogens is 106 g/mol. The molecule has 0 spiro atoms. The Morgan fingerprint density at radius 1 is 1.25 bits per heavy atom. The van der Waals surface area contributed by atoms with Crippen LogP contribution < -0.4 is 11.5 Å². The molecule has 0 aromatic heterocycles. The molecule has 0 saturated carbocycles. The Balaban J connectivity index is 2.39. The van der Waals surface area contributed by atoms with Gasteiger partial charge >= 0.3 is 0 Å². The second-order valence-corrected chi connectivity index (χ2v) is 2.20. The van der Waals surface area contributed by atoms with Gasteiger partial charge in [-0.2, -0.15) is 5.06 Å². The molecule has 2 atom stereocenters. The van der Waals surface area contributed by atoms with E-state index in [9.17, 15) is 0 Å². The van der Waals surface area contributed by atoms with E-state index in [1.807, 2.05) is 0 Å². The van der Waals surface area contributed by atoms with Crippen LogP contribution in [0.4, 0.5) is 0 Å². The number of hydrogen-bond acceptors (Lipinski definition) is 4. The van der Waals surface area contributed by atoms with E-state index in [1.165, 1.54) is 0 Å². The minimum Gasteiger partial charge on any atom is -0.325 e. The van der Waals surface area contributed by atoms with Crippen molar-refractivity contribution in [3.8, 4) is 0 Å². The first-order valence-electron chi connectivity index (χ1n) is 2.65. The quantitative estimate of drug-likeness (QED) is 0.355. The number of hydrogen-bond donors (Lipinski definition) is 3. The Kier molecular flexibility index (Phi) is 1.48. The molecule has 0 aliphatic carbocycles. The van der Waals surface area contributed by atoms with Crippen LogP contribution in [0.5, 0.6) is 0 Å². The van der Waals surface area contributed by atoms with Gasteiger partial charge in [-0.15, -0.1) is 0 Å². The molecule has 1 heterocycles. The predicted molar refractivity (Wildman–Crippen MR) is 29.3 cm³/mol. The van der Waals surface area contributed by atoms with Gasteiger partial charge in [-0.3, -0.25) is 0 Å². The van der Waals surface area contributed by atoms with Crippen molar-refractivity contribution in [1.29, 1.82) is 0 Å². The van der Waals surface area contributed by atoms with Gasteiger partial charge in [0, 0.05) is 25.2 Å². The highest BCUT2D eigenvalue weighted by atomic mass is 16.5. The Morgan fingerprint density at radius 3 is 1.75 bits per heavy atom. The summed E-state index contributed by atoms with van der Waals surface area (Å²) in [5, 5.41) is 9.89. The van der Waals surface area contributed by atoms with Crippen LogP contribution in [0.1, 0.15) is 0 Å². The molecule has 8 heavy (non-hydrogen) atoms. The highest BCUT2D eigenvalue weighted by Crippen LogP contribution is 2.00. The lowest BCUT2D eigenvalue weighted by Gasteiger charge is -2.03. The average Bonchev–Trinajstić information content (AvgIpc) is 1.85. The van der Waals surface area contributed by atoms with Crippen molar-refractivity contribution in [3.05, 3.63) is 0 Å². The van der Waals surface area contributed by atoms with E-state index in [2.05, 4.69) is 0 Å². The van der Waals surface area contributed by atoms with Crippen molar-refractivity contribution in [2.75, 3.05) is 13.1 Å². The lowest BCUT2D eigenvalue weighted by Crippen LogP contribution is -2.39. The summed E-state index contributed by atoms with van der Waals surface area (Å²) in [5.74, 6) is 0. The highest BCUT2D eigenvalue weighted by Gasteiger charge is 2.25. The van der Waals surface area contributed by atoms with Gasteiger partial charge in [0.05, 0.1) is 0 Å². The second kappa shape index (κ2) is 1.99. The van der Waals surface area contributed by atoms with Gasteiger partial charge in [0.2, 0.25) is 0 Å². The zero-order valence-electron chi connectivity index (χ0n) is 4.62. The Labute approximate surface area is 48.0 Å². The topological polar surface area (TPSA) is 75.5 Å². The molecule has 1 rings (SSSR count). The minimum atomic E-state index is -0.0556. The standard InChI is InChI=1S/C4H11N3O/c5-3-1-7(8)2-4(3)6/h3-4,8H,1-2,5-6H2.